The van der Waals surface area contributed by atoms with Crippen LogP contribution in [0.15, 0.2) is 0 Å². The maximum Gasteiger partial charge on any atom is 0.282 e. The Morgan fingerprint density at radius 2 is 1.76 bits per heavy atom. The largest absolute Gasteiger partial charge is 0.328 e. The number of nitrogens with two attached hydrogens (primary N) is 1. The SMILES string of the molecule is C[C@H]1C[C@@H](N)CCN1S(=O)(=O)N1CCCCC1. The van der Waals surface area contributed by atoms with Crippen molar-refractivity contribution in [3.8, 4) is 0 Å². The summed E-state index contributed by atoms with van der Waals surface area (Å²) in [5.74, 6) is 0. The number of hydrogen-bond acceptors (Lipinski definition) is 3. The normalized spacial score (nSPS) is 33.8. The Morgan fingerprint density at radius 1 is 1.12 bits per heavy atom. The monoisotopic (exact) mass is 261 g/mol. The highest BCUT2D eigenvalue weighted by atomic mass is 32.2. The first-order valence-electron chi connectivity index (χ1n) is 6.54. The fraction of sp³-hybridized carbons (Fsp3) is 1.00. The van der Waals surface area contributed by atoms with Crippen molar-refractivity contribution in [3.05, 3.63) is 0 Å². The van der Waals surface area contributed by atoms with Gasteiger partial charge in [0.05, 0.1) is 0 Å². The van der Waals surface area contributed by atoms with Crippen molar-refractivity contribution < 1.29 is 8.42 Å². The van der Waals surface area contributed by atoms with Crippen LogP contribution in [0.25, 0.3) is 0 Å². The van der Waals surface area contributed by atoms with Gasteiger partial charge in [0.2, 0.25) is 0 Å². The van der Waals surface area contributed by atoms with E-state index in [9.17, 15) is 8.42 Å². The predicted octanol–water partition coefficient (Wildman–Crippen LogP) is 0.529. The molecule has 0 aliphatic carbocycles. The molecule has 0 saturated carbocycles. The minimum Gasteiger partial charge on any atom is -0.328 e. The molecule has 0 bridgehead atoms. The van der Waals surface area contributed by atoms with Crippen LogP contribution >= 0.6 is 0 Å². The second kappa shape index (κ2) is 5.22. The van der Waals surface area contributed by atoms with Crippen LogP contribution in [0.3, 0.4) is 0 Å². The van der Waals surface area contributed by atoms with Crippen LogP contribution in [-0.2, 0) is 10.2 Å². The average molecular weight is 261 g/mol. The molecule has 2 aliphatic heterocycles. The van der Waals surface area contributed by atoms with E-state index in [2.05, 4.69) is 0 Å². The van der Waals surface area contributed by atoms with Gasteiger partial charge in [0.1, 0.15) is 0 Å². The maximum atomic E-state index is 12.5. The zero-order valence-corrected chi connectivity index (χ0v) is 11.3. The van der Waals surface area contributed by atoms with Crippen molar-refractivity contribution in [1.82, 2.24) is 8.61 Å². The lowest BCUT2D eigenvalue weighted by atomic mass is 10.0. The highest BCUT2D eigenvalue weighted by Crippen LogP contribution is 2.24. The first-order chi connectivity index (χ1) is 8.01. The Morgan fingerprint density at radius 3 is 2.35 bits per heavy atom. The zero-order valence-electron chi connectivity index (χ0n) is 10.5. The van der Waals surface area contributed by atoms with Crippen LogP contribution in [-0.4, -0.2) is 48.7 Å². The van der Waals surface area contributed by atoms with E-state index in [0.717, 1.165) is 32.1 Å². The Balaban J connectivity index is 2.08. The standard InChI is InChI=1S/C11H23N3O2S/c1-10-9-11(12)5-8-14(10)17(15,16)13-6-3-2-4-7-13/h10-11H,2-9,12H2,1H3/t10-,11-/m0/s1. The number of hydrogen-bond donors (Lipinski definition) is 1. The first-order valence-corrected chi connectivity index (χ1v) is 7.94. The topological polar surface area (TPSA) is 66.6 Å². The van der Waals surface area contributed by atoms with Gasteiger partial charge in [-0.15, -0.1) is 0 Å². The third-order valence-electron chi connectivity index (χ3n) is 3.79. The molecule has 6 heteroatoms. The van der Waals surface area contributed by atoms with Gasteiger partial charge in [-0.25, -0.2) is 0 Å². The van der Waals surface area contributed by atoms with Gasteiger partial charge in [0, 0.05) is 31.7 Å². The minimum absolute atomic E-state index is 0.0330. The van der Waals surface area contributed by atoms with Gasteiger partial charge in [-0.1, -0.05) is 6.42 Å². The summed E-state index contributed by atoms with van der Waals surface area (Å²) in [6, 6.07) is 0.184. The molecular formula is C11H23N3O2S. The molecule has 2 heterocycles. The van der Waals surface area contributed by atoms with E-state index in [-0.39, 0.29) is 12.1 Å². The third kappa shape index (κ3) is 2.81. The Hall–Kier alpha value is -0.170. The molecular weight excluding hydrogens is 238 g/mol. The van der Waals surface area contributed by atoms with Crippen molar-refractivity contribution in [2.24, 2.45) is 5.73 Å². The minimum atomic E-state index is -3.25. The molecule has 0 amide bonds. The van der Waals surface area contributed by atoms with Crippen molar-refractivity contribution in [1.29, 1.82) is 0 Å². The van der Waals surface area contributed by atoms with Gasteiger partial charge in [-0.3, -0.25) is 0 Å². The fourth-order valence-electron chi connectivity index (χ4n) is 2.77. The summed E-state index contributed by atoms with van der Waals surface area (Å²) in [5, 5.41) is 0. The summed E-state index contributed by atoms with van der Waals surface area (Å²) in [6.45, 7) is 3.89. The summed E-state index contributed by atoms with van der Waals surface area (Å²) >= 11 is 0. The van der Waals surface area contributed by atoms with Crippen LogP contribution < -0.4 is 5.73 Å². The van der Waals surface area contributed by atoms with Gasteiger partial charge in [-0.05, 0) is 32.6 Å². The molecule has 2 fully saturated rings. The van der Waals surface area contributed by atoms with Crippen LogP contribution in [0.1, 0.15) is 39.0 Å². The first kappa shape index (κ1) is 13.3. The lowest BCUT2D eigenvalue weighted by Crippen LogP contribution is -2.54. The average Bonchev–Trinajstić information content (AvgIpc) is 2.29. The third-order valence-corrected chi connectivity index (χ3v) is 5.95. The summed E-state index contributed by atoms with van der Waals surface area (Å²) in [4.78, 5) is 0. The molecule has 0 aromatic carbocycles. The zero-order chi connectivity index (χ0) is 12.5. The molecule has 2 aliphatic rings. The van der Waals surface area contributed by atoms with Crippen molar-refractivity contribution in [2.75, 3.05) is 19.6 Å². The van der Waals surface area contributed by atoms with Gasteiger partial charge in [0.15, 0.2) is 0 Å². The highest BCUT2D eigenvalue weighted by Gasteiger charge is 2.36. The summed E-state index contributed by atoms with van der Waals surface area (Å²) in [7, 11) is -3.25. The van der Waals surface area contributed by atoms with E-state index in [1.165, 1.54) is 0 Å². The molecule has 0 radical (unpaired) electrons. The molecule has 2 rings (SSSR count). The van der Waals surface area contributed by atoms with E-state index < -0.39 is 10.2 Å². The van der Waals surface area contributed by atoms with Crippen LogP contribution in [0.2, 0.25) is 0 Å². The van der Waals surface area contributed by atoms with Crippen molar-refractivity contribution in [2.45, 2.75) is 51.1 Å². The molecule has 100 valence electrons. The van der Waals surface area contributed by atoms with Gasteiger partial charge in [-0.2, -0.15) is 17.0 Å². The van der Waals surface area contributed by atoms with Gasteiger partial charge < -0.3 is 5.73 Å². The number of nitrogens with zero attached hydrogens (tertiary/aromatic N) is 2. The quantitative estimate of drug-likeness (QED) is 0.788. The smallest absolute Gasteiger partial charge is 0.282 e. The molecule has 0 unspecified atom stereocenters. The van der Waals surface area contributed by atoms with Gasteiger partial charge >= 0.3 is 0 Å². The van der Waals surface area contributed by atoms with Crippen LogP contribution in [0.4, 0.5) is 0 Å². The summed E-state index contributed by atoms with van der Waals surface area (Å²) in [6.07, 6.45) is 4.67. The number of rotatable bonds is 2. The molecule has 17 heavy (non-hydrogen) atoms. The second-order valence-corrected chi connectivity index (χ2v) is 7.09. The molecule has 2 N–H and O–H groups in total. The van der Waals surface area contributed by atoms with Crippen molar-refractivity contribution in [3.63, 3.8) is 0 Å². The van der Waals surface area contributed by atoms with Gasteiger partial charge in [0.25, 0.3) is 10.2 Å². The van der Waals surface area contributed by atoms with Crippen LogP contribution in [0, 0.1) is 0 Å². The van der Waals surface area contributed by atoms with Crippen molar-refractivity contribution >= 4 is 10.2 Å². The summed E-state index contributed by atoms with van der Waals surface area (Å²) in [5.41, 5.74) is 5.87. The lowest BCUT2D eigenvalue weighted by molar-refractivity contribution is 0.221. The number of piperidine rings is 2. The summed E-state index contributed by atoms with van der Waals surface area (Å²) < 4.78 is 28.2. The molecule has 0 aromatic heterocycles. The molecule has 0 spiro atoms. The van der Waals surface area contributed by atoms with E-state index in [4.69, 9.17) is 5.73 Å². The van der Waals surface area contributed by atoms with E-state index in [0.29, 0.717) is 19.6 Å². The van der Waals surface area contributed by atoms with E-state index in [1.807, 2.05) is 6.92 Å². The Labute approximate surface area is 104 Å². The Kier molecular flexibility index (Phi) is 4.07. The predicted molar refractivity (Wildman–Crippen MR) is 67.7 cm³/mol. The fourth-order valence-corrected chi connectivity index (χ4v) is 4.67. The molecule has 5 nitrogen and oxygen atoms in total. The lowest BCUT2D eigenvalue weighted by Gasteiger charge is -2.39. The molecule has 2 saturated heterocycles. The molecule has 2 atom stereocenters. The van der Waals surface area contributed by atoms with Crippen LogP contribution in [0.5, 0.6) is 0 Å². The van der Waals surface area contributed by atoms with E-state index in [1.54, 1.807) is 8.61 Å². The Bertz CT molecular complexity index is 352. The molecule has 0 aromatic rings. The van der Waals surface area contributed by atoms with E-state index >= 15 is 0 Å². The maximum absolute atomic E-state index is 12.5. The highest BCUT2D eigenvalue weighted by molar-refractivity contribution is 7.86. The second-order valence-electron chi connectivity index (χ2n) is 5.21.